The van der Waals surface area contributed by atoms with Crippen LogP contribution < -0.4 is 0 Å². The number of likely N-dealkylation sites (tertiary alicyclic amines) is 1. The van der Waals surface area contributed by atoms with Gasteiger partial charge < -0.3 is 4.90 Å². The zero-order valence-electron chi connectivity index (χ0n) is 12.9. The van der Waals surface area contributed by atoms with Gasteiger partial charge in [0, 0.05) is 18.2 Å². The van der Waals surface area contributed by atoms with Crippen molar-refractivity contribution >= 4 is 5.91 Å². The van der Waals surface area contributed by atoms with E-state index in [2.05, 4.69) is 17.1 Å². The van der Waals surface area contributed by atoms with Crippen molar-refractivity contribution in [2.24, 2.45) is 0 Å². The standard InChI is InChI=1S/C18H21N3O/c1-14-4-2-3-11-21(14)18(22)12-15-5-7-16(8-6-15)17-9-10-19-20-13-17/h5-10,13-14H,2-4,11-12H2,1H3/t14-/m0/s1. The van der Waals surface area contributed by atoms with E-state index >= 15 is 0 Å². The van der Waals surface area contributed by atoms with Crippen LogP contribution in [0.1, 0.15) is 31.7 Å². The van der Waals surface area contributed by atoms with Crippen LogP contribution in [0.4, 0.5) is 0 Å². The maximum atomic E-state index is 12.4. The Balaban J connectivity index is 1.67. The van der Waals surface area contributed by atoms with Gasteiger partial charge in [-0.2, -0.15) is 10.2 Å². The minimum atomic E-state index is 0.241. The van der Waals surface area contributed by atoms with Gasteiger partial charge in [-0.25, -0.2) is 0 Å². The number of piperidine rings is 1. The molecule has 1 aromatic carbocycles. The summed E-state index contributed by atoms with van der Waals surface area (Å²) < 4.78 is 0. The summed E-state index contributed by atoms with van der Waals surface area (Å²) in [7, 11) is 0. The van der Waals surface area contributed by atoms with E-state index in [1.54, 1.807) is 12.4 Å². The van der Waals surface area contributed by atoms with E-state index in [-0.39, 0.29) is 5.91 Å². The van der Waals surface area contributed by atoms with Gasteiger partial charge in [0.25, 0.3) is 0 Å². The molecule has 1 saturated heterocycles. The lowest BCUT2D eigenvalue weighted by molar-refractivity contribution is -0.133. The minimum Gasteiger partial charge on any atom is -0.340 e. The van der Waals surface area contributed by atoms with Crippen molar-refractivity contribution in [2.75, 3.05) is 6.54 Å². The van der Waals surface area contributed by atoms with E-state index in [0.717, 1.165) is 36.1 Å². The summed E-state index contributed by atoms with van der Waals surface area (Å²) in [4.78, 5) is 14.5. The number of nitrogens with zero attached hydrogens (tertiary/aromatic N) is 3. The lowest BCUT2D eigenvalue weighted by Crippen LogP contribution is -2.42. The SMILES string of the molecule is C[C@H]1CCCCN1C(=O)Cc1ccc(-c2ccnnc2)cc1. The van der Waals surface area contributed by atoms with Gasteiger partial charge in [-0.1, -0.05) is 24.3 Å². The molecule has 2 aromatic rings. The van der Waals surface area contributed by atoms with Gasteiger partial charge in [-0.3, -0.25) is 4.79 Å². The summed E-state index contributed by atoms with van der Waals surface area (Å²) in [6.45, 7) is 3.05. The lowest BCUT2D eigenvalue weighted by Gasteiger charge is -2.33. The number of benzene rings is 1. The fourth-order valence-corrected chi connectivity index (χ4v) is 3.02. The summed E-state index contributed by atoms with van der Waals surface area (Å²) in [5.74, 6) is 0.241. The largest absolute Gasteiger partial charge is 0.340 e. The lowest BCUT2D eigenvalue weighted by atomic mass is 10.0. The van der Waals surface area contributed by atoms with Crippen molar-refractivity contribution in [1.29, 1.82) is 0 Å². The highest BCUT2D eigenvalue weighted by Crippen LogP contribution is 2.20. The summed E-state index contributed by atoms with van der Waals surface area (Å²) in [6, 6.07) is 10.5. The van der Waals surface area contributed by atoms with Crippen LogP contribution in [0.3, 0.4) is 0 Å². The van der Waals surface area contributed by atoms with E-state index in [4.69, 9.17) is 0 Å². The van der Waals surface area contributed by atoms with Gasteiger partial charge in [0.2, 0.25) is 5.91 Å². The smallest absolute Gasteiger partial charge is 0.227 e. The summed E-state index contributed by atoms with van der Waals surface area (Å²) in [6.07, 6.45) is 7.41. The quantitative estimate of drug-likeness (QED) is 0.874. The third-order valence-electron chi connectivity index (χ3n) is 4.35. The van der Waals surface area contributed by atoms with E-state index in [1.807, 2.05) is 35.2 Å². The second-order valence-electron chi connectivity index (χ2n) is 5.94. The summed E-state index contributed by atoms with van der Waals surface area (Å²) in [5, 5.41) is 7.68. The van der Waals surface area contributed by atoms with Gasteiger partial charge in [0.05, 0.1) is 18.8 Å². The Labute approximate surface area is 131 Å². The topological polar surface area (TPSA) is 46.1 Å². The van der Waals surface area contributed by atoms with Crippen LogP contribution in [0.2, 0.25) is 0 Å². The Bertz CT molecular complexity index is 625. The van der Waals surface area contributed by atoms with Crippen LogP contribution in [0.5, 0.6) is 0 Å². The van der Waals surface area contributed by atoms with Crippen molar-refractivity contribution in [3.8, 4) is 11.1 Å². The monoisotopic (exact) mass is 295 g/mol. The second-order valence-corrected chi connectivity index (χ2v) is 5.94. The minimum absolute atomic E-state index is 0.241. The molecular weight excluding hydrogens is 274 g/mol. The molecule has 0 spiro atoms. The van der Waals surface area contributed by atoms with E-state index in [9.17, 15) is 4.79 Å². The zero-order chi connectivity index (χ0) is 15.4. The van der Waals surface area contributed by atoms with Crippen LogP contribution in [-0.2, 0) is 11.2 Å². The number of carbonyl (C=O) groups is 1. The molecule has 1 atom stereocenters. The molecule has 1 aromatic heterocycles. The summed E-state index contributed by atoms with van der Waals surface area (Å²) in [5.41, 5.74) is 3.20. The molecule has 4 heteroatoms. The third kappa shape index (κ3) is 3.32. The third-order valence-corrected chi connectivity index (χ3v) is 4.35. The predicted molar refractivity (Wildman–Crippen MR) is 86.2 cm³/mol. The fraction of sp³-hybridized carbons (Fsp3) is 0.389. The molecule has 0 radical (unpaired) electrons. The van der Waals surface area contributed by atoms with E-state index in [1.165, 1.54) is 6.42 Å². The number of hydrogen-bond acceptors (Lipinski definition) is 3. The van der Waals surface area contributed by atoms with Gasteiger partial charge >= 0.3 is 0 Å². The molecular formula is C18H21N3O. The Hall–Kier alpha value is -2.23. The molecule has 4 nitrogen and oxygen atoms in total. The highest BCUT2D eigenvalue weighted by atomic mass is 16.2. The van der Waals surface area contributed by atoms with E-state index in [0.29, 0.717) is 12.5 Å². The first kappa shape index (κ1) is 14.7. The normalized spacial score (nSPS) is 18.2. The molecule has 2 heterocycles. The zero-order valence-corrected chi connectivity index (χ0v) is 12.9. The molecule has 0 N–H and O–H groups in total. The molecule has 1 fully saturated rings. The number of aromatic nitrogens is 2. The number of rotatable bonds is 3. The maximum Gasteiger partial charge on any atom is 0.227 e. The second kappa shape index (κ2) is 6.69. The van der Waals surface area contributed by atoms with Gasteiger partial charge in [-0.05, 0) is 43.4 Å². The van der Waals surface area contributed by atoms with Crippen LogP contribution >= 0.6 is 0 Å². The average Bonchev–Trinajstić information content (AvgIpc) is 2.57. The number of hydrogen-bond donors (Lipinski definition) is 0. The number of carbonyl (C=O) groups excluding carboxylic acids is 1. The molecule has 1 aliphatic rings. The highest BCUT2D eigenvalue weighted by molar-refractivity contribution is 5.79. The first-order chi connectivity index (χ1) is 10.7. The van der Waals surface area contributed by atoms with E-state index < -0.39 is 0 Å². The molecule has 0 aliphatic carbocycles. The van der Waals surface area contributed by atoms with Crippen molar-refractivity contribution in [1.82, 2.24) is 15.1 Å². The van der Waals surface area contributed by atoms with Crippen molar-refractivity contribution in [3.05, 3.63) is 48.3 Å². The first-order valence-corrected chi connectivity index (χ1v) is 7.89. The molecule has 0 unspecified atom stereocenters. The Kier molecular flexibility index (Phi) is 4.47. The molecule has 22 heavy (non-hydrogen) atoms. The van der Waals surface area contributed by atoms with Crippen LogP contribution in [0, 0.1) is 0 Å². The summed E-state index contributed by atoms with van der Waals surface area (Å²) >= 11 is 0. The molecule has 3 rings (SSSR count). The predicted octanol–water partition coefficient (Wildman–Crippen LogP) is 3.09. The Morgan fingerprint density at radius 3 is 2.64 bits per heavy atom. The van der Waals surface area contributed by atoms with Crippen LogP contribution in [0.25, 0.3) is 11.1 Å². The molecule has 0 bridgehead atoms. The molecule has 1 aliphatic heterocycles. The van der Waals surface area contributed by atoms with Gasteiger partial charge in [-0.15, -0.1) is 0 Å². The average molecular weight is 295 g/mol. The number of amides is 1. The first-order valence-electron chi connectivity index (χ1n) is 7.89. The fourth-order valence-electron chi connectivity index (χ4n) is 3.02. The van der Waals surface area contributed by atoms with Crippen molar-refractivity contribution < 1.29 is 4.79 Å². The molecule has 114 valence electrons. The van der Waals surface area contributed by atoms with Crippen molar-refractivity contribution in [3.63, 3.8) is 0 Å². The van der Waals surface area contributed by atoms with Gasteiger partial charge in [0.15, 0.2) is 0 Å². The van der Waals surface area contributed by atoms with Gasteiger partial charge in [0.1, 0.15) is 0 Å². The molecule has 0 saturated carbocycles. The molecule has 1 amide bonds. The maximum absolute atomic E-state index is 12.4. The Morgan fingerprint density at radius 1 is 1.14 bits per heavy atom. The highest BCUT2D eigenvalue weighted by Gasteiger charge is 2.22. The van der Waals surface area contributed by atoms with Crippen LogP contribution in [0.15, 0.2) is 42.7 Å². The Morgan fingerprint density at radius 2 is 1.95 bits per heavy atom. The van der Waals surface area contributed by atoms with Crippen LogP contribution in [-0.4, -0.2) is 33.6 Å². The van der Waals surface area contributed by atoms with Crippen molar-refractivity contribution in [2.45, 2.75) is 38.6 Å².